The number of benzene rings is 1. The Morgan fingerprint density at radius 2 is 1.76 bits per heavy atom. The van der Waals surface area contributed by atoms with E-state index in [9.17, 15) is 8.42 Å². The molecule has 0 radical (unpaired) electrons. The summed E-state index contributed by atoms with van der Waals surface area (Å²) >= 11 is 0. The van der Waals surface area contributed by atoms with Crippen LogP contribution in [0.25, 0.3) is 11.3 Å². The van der Waals surface area contributed by atoms with Crippen LogP contribution in [0, 0.1) is 0 Å². The Bertz CT molecular complexity index is 1080. The summed E-state index contributed by atoms with van der Waals surface area (Å²) in [5.74, 6) is 1.26. The number of sulfonamides is 1. The molecule has 1 aliphatic rings. The van der Waals surface area contributed by atoms with Crippen molar-refractivity contribution in [3.8, 4) is 11.3 Å². The molecule has 0 amide bonds. The number of aromatic nitrogens is 2. The maximum absolute atomic E-state index is 12.4. The summed E-state index contributed by atoms with van der Waals surface area (Å²) in [5.41, 5.74) is 0.755. The minimum absolute atomic E-state index is 0.0202. The molecule has 3 heterocycles. The Balaban J connectivity index is 1.45. The number of hydrogen-bond donors (Lipinski definition) is 1. The molecule has 1 N–H and O–H groups in total. The first kappa shape index (κ1) is 19.1. The van der Waals surface area contributed by atoms with Crippen molar-refractivity contribution in [3.05, 3.63) is 60.6 Å². The highest BCUT2D eigenvalue weighted by molar-refractivity contribution is 7.92. The van der Waals surface area contributed by atoms with E-state index in [0.717, 1.165) is 18.7 Å². The number of anilines is 1. The molecule has 0 atom stereocenters. The maximum atomic E-state index is 12.4. The molecule has 2 aromatic heterocycles. The van der Waals surface area contributed by atoms with Gasteiger partial charge in [-0.3, -0.25) is 5.01 Å². The van der Waals surface area contributed by atoms with Crippen molar-refractivity contribution in [2.45, 2.75) is 4.90 Å². The molecule has 0 saturated carbocycles. The largest absolute Gasteiger partial charge is 0.455 e. The van der Waals surface area contributed by atoms with Gasteiger partial charge in [-0.1, -0.05) is 0 Å². The molecule has 0 aliphatic carbocycles. The van der Waals surface area contributed by atoms with Crippen LogP contribution >= 0.6 is 0 Å². The van der Waals surface area contributed by atoms with E-state index in [0.29, 0.717) is 24.7 Å². The fourth-order valence-corrected chi connectivity index (χ4v) is 3.67. The lowest BCUT2D eigenvalue weighted by Gasteiger charge is -2.23. The predicted octanol–water partition coefficient (Wildman–Crippen LogP) is 2.20. The molecule has 0 bridgehead atoms. The number of nitrogens with one attached hydrogen (secondary N) is 1. The van der Waals surface area contributed by atoms with Crippen molar-refractivity contribution in [2.24, 2.45) is 5.10 Å². The number of hydrazone groups is 1. The smallest absolute Gasteiger partial charge is 0.264 e. The number of nitrogens with zero attached hydrogens (tertiary/aromatic N) is 4. The topological polar surface area (TPSA) is 110 Å². The fourth-order valence-electron chi connectivity index (χ4n) is 2.71. The normalized spacial score (nSPS) is 15.0. The zero-order valence-electron chi connectivity index (χ0n) is 15.4. The van der Waals surface area contributed by atoms with Crippen molar-refractivity contribution in [2.75, 3.05) is 31.0 Å². The molecule has 1 saturated heterocycles. The molecule has 0 unspecified atom stereocenters. The highest BCUT2D eigenvalue weighted by atomic mass is 32.2. The third-order valence-corrected chi connectivity index (χ3v) is 5.55. The number of furan rings is 1. The molecule has 0 spiro atoms. The van der Waals surface area contributed by atoms with Gasteiger partial charge in [0.25, 0.3) is 10.0 Å². The first-order valence-corrected chi connectivity index (χ1v) is 10.5. The molecular weight excluding hydrogens is 394 g/mol. The van der Waals surface area contributed by atoms with Crippen molar-refractivity contribution in [1.29, 1.82) is 0 Å². The quantitative estimate of drug-likeness (QED) is 0.617. The van der Waals surface area contributed by atoms with Gasteiger partial charge in [0.1, 0.15) is 11.5 Å². The summed E-state index contributed by atoms with van der Waals surface area (Å²) in [6.07, 6.45) is 4.59. The molecule has 29 heavy (non-hydrogen) atoms. The zero-order valence-corrected chi connectivity index (χ0v) is 16.2. The molecule has 10 heteroatoms. The second-order valence-corrected chi connectivity index (χ2v) is 7.90. The third-order valence-electron chi connectivity index (χ3n) is 4.20. The van der Waals surface area contributed by atoms with Gasteiger partial charge in [-0.2, -0.15) is 5.10 Å². The van der Waals surface area contributed by atoms with Crippen LogP contribution in [0.5, 0.6) is 0 Å². The monoisotopic (exact) mass is 413 g/mol. The van der Waals surface area contributed by atoms with Gasteiger partial charge in [-0.15, -0.1) is 0 Å². The van der Waals surface area contributed by atoms with Crippen molar-refractivity contribution >= 4 is 22.2 Å². The molecule has 4 rings (SSSR count). The molecule has 150 valence electrons. The van der Waals surface area contributed by atoms with E-state index in [1.54, 1.807) is 24.4 Å². The van der Waals surface area contributed by atoms with Crippen LogP contribution in [0.2, 0.25) is 0 Å². The second-order valence-electron chi connectivity index (χ2n) is 6.21. The zero-order chi connectivity index (χ0) is 20.1. The van der Waals surface area contributed by atoms with Crippen molar-refractivity contribution in [3.63, 3.8) is 0 Å². The summed E-state index contributed by atoms with van der Waals surface area (Å²) < 4.78 is 38.3. The minimum atomic E-state index is -3.77. The summed E-state index contributed by atoms with van der Waals surface area (Å²) in [4.78, 5) is 7.84. The van der Waals surface area contributed by atoms with E-state index in [1.807, 2.05) is 17.1 Å². The van der Waals surface area contributed by atoms with Gasteiger partial charge in [0.05, 0.1) is 37.4 Å². The van der Waals surface area contributed by atoms with Gasteiger partial charge in [-0.05, 0) is 42.5 Å². The fraction of sp³-hybridized carbons (Fsp3) is 0.211. The lowest BCUT2D eigenvalue weighted by Crippen LogP contribution is -2.32. The van der Waals surface area contributed by atoms with Crippen LogP contribution in [-0.2, 0) is 14.8 Å². The standard InChI is InChI=1S/C19H19N5O4S/c25-29(26,23-19-20-8-1-9-21-19)17-5-2-15(3-6-17)18-7-4-16(28-18)14-22-24-10-12-27-13-11-24/h1-9,14H,10-13H2,(H,20,21,23)/b22-14-. The second kappa shape index (κ2) is 8.41. The summed E-state index contributed by atoms with van der Waals surface area (Å²) in [6.45, 7) is 2.84. The number of rotatable bonds is 6. The SMILES string of the molecule is O=S(=O)(Nc1ncccn1)c1ccc(-c2ccc(/C=N\N3CCOCC3)o2)cc1. The lowest BCUT2D eigenvalue weighted by atomic mass is 10.2. The first-order valence-electron chi connectivity index (χ1n) is 8.97. The maximum Gasteiger partial charge on any atom is 0.264 e. The van der Waals surface area contributed by atoms with Crippen molar-refractivity contribution < 1.29 is 17.6 Å². The number of ether oxygens (including phenoxy) is 1. The Kier molecular flexibility index (Phi) is 5.54. The van der Waals surface area contributed by atoms with Gasteiger partial charge >= 0.3 is 0 Å². The van der Waals surface area contributed by atoms with Crippen LogP contribution in [0.3, 0.4) is 0 Å². The predicted molar refractivity (Wildman–Crippen MR) is 107 cm³/mol. The Morgan fingerprint density at radius 1 is 1.03 bits per heavy atom. The van der Waals surface area contributed by atoms with E-state index in [-0.39, 0.29) is 10.8 Å². The number of morpholine rings is 1. The van der Waals surface area contributed by atoms with E-state index < -0.39 is 10.0 Å². The summed E-state index contributed by atoms with van der Waals surface area (Å²) in [7, 11) is -3.77. The highest BCUT2D eigenvalue weighted by Gasteiger charge is 2.16. The average molecular weight is 413 g/mol. The lowest BCUT2D eigenvalue weighted by molar-refractivity contribution is 0.0396. The summed E-state index contributed by atoms with van der Waals surface area (Å²) in [6, 6.07) is 11.6. The Morgan fingerprint density at radius 3 is 2.48 bits per heavy atom. The van der Waals surface area contributed by atoms with Crippen LogP contribution in [0.1, 0.15) is 5.76 Å². The molecule has 1 aromatic carbocycles. The van der Waals surface area contributed by atoms with Crippen LogP contribution in [0.4, 0.5) is 5.95 Å². The first-order chi connectivity index (χ1) is 14.1. The van der Waals surface area contributed by atoms with E-state index in [1.165, 1.54) is 24.5 Å². The third kappa shape index (κ3) is 4.79. The Hall–Kier alpha value is -3.24. The molecule has 9 nitrogen and oxygen atoms in total. The highest BCUT2D eigenvalue weighted by Crippen LogP contribution is 2.24. The van der Waals surface area contributed by atoms with E-state index >= 15 is 0 Å². The van der Waals surface area contributed by atoms with Gasteiger partial charge < -0.3 is 9.15 Å². The van der Waals surface area contributed by atoms with E-state index in [4.69, 9.17) is 9.15 Å². The number of hydrogen-bond acceptors (Lipinski definition) is 8. The van der Waals surface area contributed by atoms with Crippen LogP contribution < -0.4 is 4.72 Å². The average Bonchev–Trinajstić information content (AvgIpc) is 3.23. The van der Waals surface area contributed by atoms with Crippen LogP contribution in [0.15, 0.2) is 69.3 Å². The molecular formula is C19H19N5O4S. The van der Waals surface area contributed by atoms with Gasteiger partial charge in [0.15, 0.2) is 0 Å². The minimum Gasteiger partial charge on any atom is -0.455 e. The molecule has 3 aromatic rings. The van der Waals surface area contributed by atoms with Crippen molar-refractivity contribution in [1.82, 2.24) is 15.0 Å². The summed E-state index contributed by atoms with van der Waals surface area (Å²) in [5, 5.41) is 6.31. The van der Waals surface area contributed by atoms with E-state index in [2.05, 4.69) is 19.8 Å². The van der Waals surface area contributed by atoms with Gasteiger partial charge in [-0.25, -0.2) is 23.1 Å². The van der Waals surface area contributed by atoms with Gasteiger partial charge in [0.2, 0.25) is 5.95 Å². The van der Waals surface area contributed by atoms with Crippen LogP contribution in [-0.4, -0.2) is 55.9 Å². The molecule has 1 fully saturated rings. The van der Waals surface area contributed by atoms with Gasteiger partial charge in [0, 0.05) is 18.0 Å². The Labute approximate surface area is 168 Å². The molecule has 1 aliphatic heterocycles.